The lowest BCUT2D eigenvalue weighted by molar-refractivity contribution is -0.158. The fourth-order valence-corrected chi connectivity index (χ4v) is 3.94. The molecule has 6 heteroatoms. The zero-order chi connectivity index (χ0) is 19.5. The van der Waals surface area contributed by atoms with E-state index < -0.39 is 13.9 Å². The second-order valence-electron chi connectivity index (χ2n) is 9.53. The smallest absolute Gasteiger partial charge is 0.308 e. The van der Waals surface area contributed by atoms with Crippen LogP contribution in [0.3, 0.4) is 0 Å². The summed E-state index contributed by atoms with van der Waals surface area (Å²) >= 11 is 0. The molecule has 1 rings (SSSR count). The topological polar surface area (TPSA) is 61.8 Å². The summed E-state index contributed by atoms with van der Waals surface area (Å²) in [6, 6.07) is 0. The zero-order valence-corrected chi connectivity index (χ0v) is 18.2. The van der Waals surface area contributed by atoms with E-state index in [1.54, 1.807) is 0 Å². The Morgan fingerprint density at radius 1 is 1.24 bits per heavy atom. The van der Waals surface area contributed by atoms with Gasteiger partial charge in [-0.3, -0.25) is 9.59 Å². The summed E-state index contributed by atoms with van der Waals surface area (Å²) in [7, 11) is -2.04. The number of esters is 2. The predicted molar refractivity (Wildman–Crippen MR) is 101 cm³/mol. The Labute approximate surface area is 153 Å². The van der Waals surface area contributed by atoms with Gasteiger partial charge in [0.15, 0.2) is 8.32 Å². The van der Waals surface area contributed by atoms with Crippen LogP contribution in [0.5, 0.6) is 0 Å². The van der Waals surface area contributed by atoms with Crippen LogP contribution >= 0.6 is 0 Å². The molecule has 0 saturated carbocycles. The predicted octanol–water partition coefficient (Wildman–Crippen LogP) is 4.59. The van der Waals surface area contributed by atoms with Crippen LogP contribution in [0.4, 0.5) is 0 Å². The molecule has 0 radical (unpaired) electrons. The third-order valence-corrected chi connectivity index (χ3v) is 9.35. The van der Waals surface area contributed by atoms with E-state index in [4.69, 9.17) is 13.9 Å². The summed E-state index contributed by atoms with van der Waals surface area (Å²) in [6.45, 7) is 16.4. The van der Waals surface area contributed by atoms with E-state index in [-0.39, 0.29) is 35.6 Å². The average molecular weight is 373 g/mol. The highest BCUT2D eigenvalue weighted by atomic mass is 28.4. The van der Waals surface area contributed by atoms with Crippen LogP contribution < -0.4 is 0 Å². The van der Waals surface area contributed by atoms with E-state index in [9.17, 15) is 9.59 Å². The fraction of sp³-hybridized carbons (Fsp3) is 0.895. The van der Waals surface area contributed by atoms with Gasteiger partial charge >= 0.3 is 11.9 Å². The summed E-state index contributed by atoms with van der Waals surface area (Å²) in [5, 5.41) is 0.0441. The lowest BCUT2D eigenvalue weighted by atomic mass is 10.0. The number of ether oxygens (including phenoxy) is 2. The average Bonchev–Trinajstić information content (AvgIpc) is 2.33. The minimum Gasteiger partial charge on any atom is -0.462 e. The van der Waals surface area contributed by atoms with Gasteiger partial charge in [0, 0.05) is 12.8 Å². The number of hydrogen-bond donors (Lipinski definition) is 0. The first kappa shape index (κ1) is 22.2. The molecular weight excluding hydrogens is 336 g/mol. The van der Waals surface area contributed by atoms with Crippen molar-refractivity contribution in [2.75, 3.05) is 0 Å². The maximum atomic E-state index is 12.3. The Hall–Kier alpha value is -0.883. The maximum Gasteiger partial charge on any atom is 0.308 e. The Kier molecular flexibility index (Phi) is 7.27. The third-order valence-electron chi connectivity index (χ3n) is 4.81. The fourth-order valence-electron chi connectivity index (χ4n) is 2.57. The zero-order valence-electron chi connectivity index (χ0n) is 17.2. The van der Waals surface area contributed by atoms with Crippen molar-refractivity contribution in [2.45, 2.75) is 110 Å². The number of carbonyl (C=O) groups is 2. The SMILES string of the molecule is CC(C)(C)OC(=O)CC(CC1CCCC(=O)O1)O[Si](C)(C)C(C)(C)C. The van der Waals surface area contributed by atoms with Crippen molar-refractivity contribution in [1.82, 2.24) is 0 Å². The van der Waals surface area contributed by atoms with Gasteiger partial charge in [0.25, 0.3) is 0 Å². The maximum absolute atomic E-state index is 12.3. The van der Waals surface area contributed by atoms with Crippen LogP contribution in [0.25, 0.3) is 0 Å². The normalized spacial score (nSPS) is 20.8. The van der Waals surface area contributed by atoms with E-state index in [0.29, 0.717) is 12.8 Å². The summed E-state index contributed by atoms with van der Waals surface area (Å²) < 4.78 is 17.4. The first-order valence-corrected chi connectivity index (χ1v) is 12.2. The first-order valence-electron chi connectivity index (χ1n) is 9.29. The minimum absolute atomic E-state index is 0.0441. The van der Waals surface area contributed by atoms with Gasteiger partial charge in [0.05, 0.1) is 12.5 Å². The summed E-state index contributed by atoms with van der Waals surface area (Å²) in [4.78, 5) is 23.9. The van der Waals surface area contributed by atoms with E-state index in [2.05, 4.69) is 33.9 Å². The summed E-state index contributed by atoms with van der Waals surface area (Å²) in [5.74, 6) is -0.419. The second-order valence-corrected chi connectivity index (χ2v) is 14.3. The standard InChI is InChI=1S/C19H36O5Si/c1-18(2,3)23-17(21)13-15(24-25(7,8)19(4,5)6)12-14-10-9-11-16(20)22-14/h14-15H,9-13H2,1-8H3. The van der Waals surface area contributed by atoms with Crippen molar-refractivity contribution in [2.24, 2.45) is 0 Å². The van der Waals surface area contributed by atoms with E-state index in [0.717, 1.165) is 12.8 Å². The Morgan fingerprint density at radius 3 is 2.32 bits per heavy atom. The molecule has 5 nitrogen and oxygen atoms in total. The molecule has 0 amide bonds. The van der Waals surface area contributed by atoms with Gasteiger partial charge in [-0.15, -0.1) is 0 Å². The van der Waals surface area contributed by atoms with Gasteiger partial charge in [-0.05, 0) is 51.7 Å². The molecule has 2 atom stereocenters. The van der Waals surface area contributed by atoms with E-state index in [1.807, 2.05) is 20.8 Å². The molecule has 1 fully saturated rings. The molecule has 1 heterocycles. The summed E-state index contributed by atoms with van der Waals surface area (Å²) in [6.07, 6.45) is 2.44. The third kappa shape index (κ3) is 7.90. The van der Waals surface area contributed by atoms with Gasteiger partial charge in [-0.2, -0.15) is 0 Å². The van der Waals surface area contributed by atoms with Crippen LogP contribution in [0.1, 0.15) is 73.6 Å². The lowest BCUT2D eigenvalue weighted by Crippen LogP contribution is -2.46. The number of carbonyl (C=O) groups excluding carboxylic acids is 2. The highest BCUT2D eigenvalue weighted by Gasteiger charge is 2.40. The van der Waals surface area contributed by atoms with Crippen LogP contribution in [0.15, 0.2) is 0 Å². The van der Waals surface area contributed by atoms with E-state index >= 15 is 0 Å². The molecular formula is C19H36O5Si. The van der Waals surface area contributed by atoms with Crippen LogP contribution in [0.2, 0.25) is 18.1 Å². The molecule has 0 aromatic carbocycles. The van der Waals surface area contributed by atoms with Crippen molar-refractivity contribution < 1.29 is 23.5 Å². The highest BCUT2D eigenvalue weighted by Crippen LogP contribution is 2.38. The van der Waals surface area contributed by atoms with Gasteiger partial charge in [0.2, 0.25) is 0 Å². The van der Waals surface area contributed by atoms with Crippen LogP contribution in [0, 0.1) is 0 Å². The largest absolute Gasteiger partial charge is 0.462 e. The second kappa shape index (κ2) is 8.21. The van der Waals surface area contributed by atoms with Crippen molar-refractivity contribution >= 4 is 20.3 Å². The minimum atomic E-state index is -2.04. The molecule has 146 valence electrons. The molecule has 0 aromatic heterocycles. The monoisotopic (exact) mass is 372 g/mol. The molecule has 0 bridgehead atoms. The first-order chi connectivity index (χ1) is 11.2. The molecule has 25 heavy (non-hydrogen) atoms. The highest BCUT2D eigenvalue weighted by molar-refractivity contribution is 6.74. The van der Waals surface area contributed by atoms with Crippen LogP contribution in [-0.4, -0.2) is 38.1 Å². The quantitative estimate of drug-likeness (QED) is 0.504. The molecule has 0 aromatic rings. The molecule has 1 saturated heterocycles. The van der Waals surface area contributed by atoms with Crippen molar-refractivity contribution in [3.8, 4) is 0 Å². The Balaban J connectivity index is 2.82. The molecule has 0 spiro atoms. The van der Waals surface area contributed by atoms with Crippen LogP contribution in [-0.2, 0) is 23.5 Å². The Bertz CT molecular complexity index is 473. The van der Waals surface area contributed by atoms with Crippen molar-refractivity contribution in [3.63, 3.8) is 0 Å². The number of rotatable bonds is 6. The lowest BCUT2D eigenvalue weighted by Gasteiger charge is -2.40. The summed E-state index contributed by atoms with van der Waals surface area (Å²) in [5.41, 5.74) is -0.518. The van der Waals surface area contributed by atoms with Crippen molar-refractivity contribution in [1.29, 1.82) is 0 Å². The molecule has 0 N–H and O–H groups in total. The molecule has 0 aliphatic carbocycles. The van der Waals surface area contributed by atoms with Gasteiger partial charge < -0.3 is 13.9 Å². The Morgan fingerprint density at radius 2 is 1.84 bits per heavy atom. The van der Waals surface area contributed by atoms with Crippen molar-refractivity contribution in [3.05, 3.63) is 0 Å². The molecule has 1 aliphatic heterocycles. The molecule has 1 aliphatic rings. The van der Waals surface area contributed by atoms with Gasteiger partial charge in [-0.25, -0.2) is 0 Å². The van der Waals surface area contributed by atoms with Gasteiger partial charge in [0.1, 0.15) is 11.7 Å². The van der Waals surface area contributed by atoms with Gasteiger partial charge in [-0.1, -0.05) is 20.8 Å². The van der Waals surface area contributed by atoms with E-state index in [1.165, 1.54) is 0 Å². The number of hydrogen-bond acceptors (Lipinski definition) is 5. The molecule has 2 unspecified atom stereocenters. The number of cyclic esters (lactones) is 1.